The summed E-state index contributed by atoms with van der Waals surface area (Å²) in [5.41, 5.74) is 6.91. The van der Waals surface area contributed by atoms with Gasteiger partial charge in [-0.25, -0.2) is 0 Å². The molecular formula is C14H20N2O3. The Balaban J connectivity index is 2.20. The minimum absolute atomic E-state index is 0.0472. The van der Waals surface area contributed by atoms with Crippen LogP contribution in [0, 0.1) is 0 Å². The minimum Gasteiger partial charge on any atom is -0.359 e. The number of likely N-dealkylation sites (tertiary alicyclic amines) is 1. The third kappa shape index (κ3) is 2.94. The Morgan fingerprint density at radius 3 is 2.74 bits per heavy atom. The quantitative estimate of drug-likeness (QED) is 0.813. The summed E-state index contributed by atoms with van der Waals surface area (Å²) in [5, 5.41) is 0. The lowest BCUT2D eigenvalue weighted by Crippen LogP contribution is -2.58. The predicted molar refractivity (Wildman–Crippen MR) is 71.3 cm³/mol. The van der Waals surface area contributed by atoms with Gasteiger partial charge in [0.2, 0.25) is 0 Å². The molecule has 0 saturated carbocycles. The predicted octanol–water partition coefficient (Wildman–Crippen LogP) is 0.692. The highest BCUT2D eigenvalue weighted by molar-refractivity contribution is 5.82. The maximum Gasteiger partial charge on any atom is 0.251 e. The maximum absolute atomic E-state index is 12.0. The molecular weight excluding hydrogens is 244 g/mol. The average Bonchev–Trinajstić information content (AvgIpc) is 2.42. The fraction of sp³-hybridized carbons (Fsp3) is 0.500. The summed E-state index contributed by atoms with van der Waals surface area (Å²) in [6.07, 6.45) is -0.0901. The second kappa shape index (κ2) is 5.69. The first-order valence-electron chi connectivity index (χ1n) is 6.27. The molecule has 1 aromatic rings. The van der Waals surface area contributed by atoms with Gasteiger partial charge in [0, 0.05) is 27.1 Å². The number of carbonyl (C=O) groups excluding carboxylic acids is 1. The maximum atomic E-state index is 12.0. The third-order valence-electron chi connectivity index (χ3n) is 3.46. The van der Waals surface area contributed by atoms with Crippen molar-refractivity contribution in [1.29, 1.82) is 0 Å². The molecule has 2 rings (SSSR count). The molecule has 1 amide bonds. The summed E-state index contributed by atoms with van der Waals surface area (Å²) in [7, 11) is 3.28. The molecule has 0 bridgehead atoms. The molecule has 1 aliphatic rings. The third-order valence-corrected chi connectivity index (χ3v) is 3.46. The summed E-state index contributed by atoms with van der Waals surface area (Å²) in [6, 6.07) is 9.81. The van der Waals surface area contributed by atoms with Crippen LogP contribution in [0.3, 0.4) is 0 Å². The fourth-order valence-corrected chi connectivity index (χ4v) is 2.49. The Hall–Kier alpha value is -1.43. The number of amides is 1. The largest absolute Gasteiger partial charge is 0.359 e. The number of benzene rings is 1. The van der Waals surface area contributed by atoms with Crippen molar-refractivity contribution in [2.75, 3.05) is 27.5 Å². The zero-order chi connectivity index (χ0) is 13.9. The number of likely N-dealkylation sites (N-methyl/N-ethyl adjacent to an activating group) is 1. The molecule has 0 radical (unpaired) electrons. The highest BCUT2D eigenvalue weighted by Gasteiger charge is 2.42. The minimum atomic E-state index is -0.581. The molecule has 5 heteroatoms. The van der Waals surface area contributed by atoms with Gasteiger partial charge in [-0.2, -0.15) is 0 Å². The van der Waals surface area contributed by atoms with Crippen molar-refractivity contribution < 1.29 is 14.3 Å². The first kappa shape index (κ1) is 14.0. The van der Waals surface area contributed by atoms with Crippen LogP contribution in [0.1, 0.15) is 12.0 Å². The molecule has 1 heterocycles. The second-order valence-electron chi connectivity index (χ2n) is 4.98. The van der Waals surface area contributed by atoms with Crippen LogP contribution in [0.25, 0.3) is 0 Å². The number of nitrogens with zero attached hydrogens (tertiary/aromatic N) is 1. The van der Waals surface area contributed by atoms with E-state index in [1.54, 1.807) is 11.9 Å². The van der Waals surface area contributed by atoms with Crippen molar-refractivity contribution in [3.8, 4) is 0 Å². The van der Waals surface area contributed by atoms with Gasteiger partial charge >= 0.3 is 0 Å². The van der Waals surface area contributed by atoms with Crippen molar-refractivity contribution in [1.82, 2.24) is 4.90 Å². The fourth-order valence-electron chi connectivity index (χ4n) is 2.49. The van der Waals surface area contributed by atoms with Gasteiger partial charge in [0.15, 0.2) is 0 Å². The Morgan fingerprint density at radius 1 is 1.42 bits per heavy atom. The molecule has 1 aliphatic heterocycles. The van der Waals surface area contributed by atoms with E-state index in [1.807, 2.05) is 30.3 Å². The lowest BCUT2D eigenvalue weighted by Gasteiger charge is -2.42. The molecule has 2 N–H and O–H groups in total. The van der Waals surface area contributed by atoms with Gasteiger partial charge in [0.05, 0.1) is 5.54 Å². The SMILES string of the molecule is COCOC1CC(N)(c2ccccc2)CN(C)C1=O. The number of carbonyl (C=O) groups is 1. The Morgan fingerprint density at radius 2 is 2.11 bits per heavy atom. The summed E-state index contributed by atoms with van der Waals surface area (Å²) in [6.45, 7) is 0.581. The van der Waals surface area contributed by atoms with Gasteiger partial charge in [0.25, 0.3) is 5.91 Å². The summed E-state index contributed by atoms with van der Waals surface area (Å²) in [4.78, 5) is 13.7. The molecule has 104 valence electrons. The first-order chi connectivity index (χ1) is 9.07. The number of hydrogen-bond acceptors (Lipinski definition) is 4. The standard InChI is InChI=1S/C14H20N2O3/c1-16-9-14(15,11-6-4-3-5-7-11)8-12(13(16)17)19-10-18-2/h3-7,12H,8-10,15H2,1-2H3. The van der Waals surface area contributed by atoms with Crippen molar-refractivity contribution >= 4 is 5.91 Å². The number of methoxy groups -OCH3 is 1. The smallest absolute Gasteiger partial charge is 0.251 e. The van der Waals surface area contributed by atoms with E-state index in [4.69, 9.17) is 15.2 Å². The number of hydrogen-bond donors (Lipinski definition) is 1. The van der Waals surface area contributed by atoms with E-state index in [0.29, 0.717) is 13.0 Å². The lowest BCUT2D eigenvalue weighted by molar-refractivity contribution is -0.160. The average molecular weight is 264 g/mol. The zero-order valence-corrected chi connectivity index (χ0v) is 11.3. The second-order valence-corrected chi connectivity index (χ2v) is 4.98. The topological polar surface area (TPSA) is 64.8 Å². The monoisotopic (exact) mass is 264 g/mol. The summed E-state index contributed by atoms with van der Waals surface area (Å²) in [5.74, 6) is -0.0472. The molecule has 0 spiro atoms. The molecule has 1 saturated heterocycles. The molecule has 0 aromatic heterocycles. The van der Waals surface area contributed by atoms with Gasteiger partial charge in [-0.3, -0.25) is 4.79 Å². The Bertz CT molecular complexity index is 438. The van der Waals surface area contributed by atoms with Crippen molar-refractivity contribution in [3.05, 3.63) is 35.9 Å². The molecule has 5 nitrogen and oxygen atoms in total. The van der Waals surface area contributed by atoms with Gasteiger partial charge < -0.3 is 20.1 Å². The highest BCUT2D eigenvalue weighted by Crippen LogP contribution is 2.30. The van der Waals surface area contributed by atoms with Crippen LogP contribution >= 0.6 is 0 Å². The van der Waals surface area contributed by atoms with Crippen LogP contribution in [-0.4, -0.2) is 44.4 Å². The summed E-state index contributed by atoms with van der Waals surface area (Å²) < 4.78 is 10.3. The van der Waals surface area contributed by atoms with E-state index in [2.05, 4.69) is 0 Å². The van der Waals surface area contributed by atoms with Crippen LogP contribution in [0.2, 0.25) is 0 Å². The van der Waals surface area contributed by atoms with E-state index in [9.17, 15) is 4.79 Å². The number of nitrogens with two attached hydrogens (primary N) is 1. The molecule has 1 fully saturated rings. The molecule has 1 aromatic carbocycles. The molecule has 0 aliphatic carbocycles. The van der Waals surface area contributed by atoms with E-state index < -0.39 is 11.6 Å². The van der Waals surface area contributed by atoms with Crippen LogP contribution < -0.4 is 5.73 Å². The van der Waals surface area contributed by atoms with Gasteiger partial charge in [-0.05, 0) is 5.56 Å². The number of rotatable bonds is 4. The Labute approximate surface area is 113 Å². The number of ether oxygens (including phenoxy) is 2. The molecule has 19 heavy (non-hydrogen) atoms. The first-order valence-corrected chi connectivity index (χ1v) is 6.27. The molecule has 2 atom stereocenters. The van der Waals surface area contributed by atoms with E-state index >= 15 is 0 Å². The van der Waals surface area contributed by atoms with Gasteiger partial charge in [0.1, 0.15) is 12.9 Å². The van der Waals surface area contributed by atoms with E-state index in [-0.39, 0.29) is 12.7 Å². The lowest BCUT2D eigenvalue weighted by atomic mass is 9.82. The van der Waals surface area contributed by atoms with Crippen LogP contribution in [-0.2, 0) is 19.8 Å². The van der Waals surface area contributed by atoms with Crippen LogP contribution in [0.15, 0.2) is 30.3 Å². The highest BCUT2D eigenvalue weighted by atomic mass is 16.7. The van der Waals surface area contributed by atoms with Crippen LogP contribution in [0.5, 0.6) is 0 Å². The Kier molecular flexibility index (Phi) is 4.19. The van der Waals surface area contributed by atoms with E-state index in [0.717, 1.165) is 5.56 Å². The van der Waals surface area contributed by atoms with Crippen molar-refractivity contribution in [2.24, 2.45) is 5.73 Å². The van der Waals surface area contributed by atoms with Crippen molar-refractivity contribution in [2.45, 2.75) is 18.1 Å². The van der Waals surface area contributed by atoms with Crippen molar-refractivity contribution in [3.63, 3.8) is 0 Å². The number of piperidine rings is 1. The van der Waals surface area contributed by atoms with E-state index in [1.165, 1.54) is 7.11 Å². The van der Waals surface area contributed by atoms with Gasteiger partial charge in [-0.1, -0.05) is 30.3 Å². The zero-order valence-electron chi connectivity index (χ0n) is 11.3. The normalized spacial score (nSPS) is 27.6. The molecule has 2 unspecified atom stereocenters. The van der Waals surface area contributed by atoms with Gasteiger partial charge in [-0.15, -0.1) is 0 Å². The van der Waals surface area contributed by atoms with Crippen LogP contribution in [0.4, 0.5) is 0 Å². The summed E-state index contributed by atoms with van der Waals surface area (Å²) >= 11 is 0.